The summed E-state index contributed by atoms with van der Waals surface area (Å²) in [5.41, 5.74) is 0.752. The number of urea groups is 1. The Labute approximate surface area is 116 Å². The predicted octanol–water partition coefficient (Wildman–Crippen LogP) is 2.69. The molecule has 5 nitrogen and oxygen atoms in total. The first kappa shape index (κ1) is 13.6. The fourth-order valence-corrected chi connectivity index (χ4v) is 2.52. The third kappa shape index (κ3) is 3.82. The van der Waals surface area contributed by atoms with E-state index in [1.165, 1.54) is 4.88 Å². The molecule has 6 heteroatoms. The SMILES string of the molecule is Cc1cc(CN(C)C(=O)NCc2ccc(C)s2)no1. The van der Waals surface area contributed by atoms with E-state index in [2.05, 4.69) is 17.4 Å². The smallest absolute Gasteiger partial charge is 0.317 e. The van der Waals surface area contributed by atoms with Crippen LogP contribution in [0, 0.1) is 13.8 Å². The van der Waals surface area contributed by atoms with Gasteiger partial charge in [0.15, 0.2) is 0 Å². The van der Waals surface area contributed by atoms with Crippen LogP contribution in [0.25, 0.3) is 0 Å². The van der Waals surface area contributed by atoms with E-state index in [1.807, 2.05) is 25.1 Å². The van der Waals surface area contributed by atoms with Gasteiger partial charge < -0.3 is 14.7 Å². The van der Waals surface area contributed by atoms with E-state index in [9.17, 15) is 4.79 Å². The summed E-state index contributed by atoms with van der Waals surface area (Å²) >= 11 is 1.69. The van der Waals surface area contributed by atoms with Gasteiger partial charge in [0.1, 0.15) is 11.5 Å². The summed E-state index contributed by atoms with van der Waals surface area (Å²) in [5.74, 6) is 0.748. The Kier molecular flexibility index (Phi) is 4.21. The first-order valence-corrected chi connectivity index (χ1v) is 6.82. The fourth-order valence-electron chi connectivity index (χ4n) is 1.69. The summed E-state index contributed by atoms with van der Waals surface area (Å²) in [5, 5.41) is 6.74. The van der Waals surface area contributed by atoms with Gasteiger partial charge >= 0.3 is 6.03 Å². The standard InChI is InChI=1S/C13H17N3O2S/c1-9-6-11(15-18-9)8-16(3)13(17)14-7-12-5-4-10(2)19-12/h4-6H,7-8H2,1-3H3,(H,14,17). The maximum Gasteiger partial charge on any atom is 0.317 e. The van der Waals surface area contributed by atoms with Gasteiger partial charge in [-0.25, -0.2) is 4.79 Å². The number of nitrogens with one attached hydrogen (secondary N) is 1. The number of hydrogen-bond acceptors (Lipinski definition) is 4. The quantitative estimate of drug-likeness (QED) is 0.936. The molecule has 2 rings (SSSR count). The van der Waals surface area contributed by atoms with Crippen molar-refractivity contribution >= 4 is 17.4 Å². The number of carbonyl (C=O) groups excluding carboxylic acids is 1. The lowest BCUT2D eigenvalue weighted by molar-refractivity contribution is 0.205. The van der Waals surface area contributed by atoms with Crippen molar-refractivity contribution in [3.63, 3.8) is 0 Å². The minimum Gasteiger partial charge on any atom is -0.361 e. The van der Waals surface area contributed by atoms with Crippen LogP contribution >= 0.6 is 11.3 Å². The largest absolute Gasteiger partial charge is 0.361 e. The second-order valence-corrected chi connectivity index (χ2v) is 5.83. The molecule has 0 aliphatic heterocycles. The van der Waals surface area contributed by atoms with Gasteiger partial charge in [0.25, 0.3) is 0 Å². The van der Waals surface area contributed by atoms with Crippen molar-refractivity contribution in [2.75, 3.05) is 7.05 Å². The van der Waals surface area contributed by atoms with Gasteiger partial charge in [0.05, 0.1) is 13.1 Å². The van der Waals surface area contributed by atoms with Gasteiger partial charge in [-0.2, -0.15) is 0 Å². The van der Waals surface area contributed by atoms with Crippen LogP contribution in [-0.4, -0.2) is 23.1 Å². The van der Waals surface area contributed by atoms with Crippen LogP contribution in [0.4, 0.5) is 4.79 Å². The molecule has 0 saturated heterocycles. The molecule has 0 bridgehead atoms. The molecule has 2 aromatic heterocycles. The maximum atomic E-state index is 11.9. The Balaban J connectivity index is 1.82. The van der Waals surface area contributed by atoms with Crippen LogP contribution in [0.15, 0.2) is 22.7 Å². The summed E-state index contributed by atoms with van der Waals surface area (Å²) in [6.07, 6.45) is 0. The summed E-state index contributed by atoms with van der Waals surface area (Å²) in [6.45, 7) is 4.87. The van der Waals surface area contributed by atoms with Crippen molar-refractivity contribution in [1.82, 2.24) is 15.4 Å². The number of aryl methyl sites for hydroxylation is 2. The van der Waals surface area contributed by atoms with Crippen molar-refractivity contribution < 1.29 is 9.32 Å². The minimum absolute atomic E-state index is 0.119. The van der Waals surface area contributed by atoms with Gasteiger partial charge in [-0.15, -0.1) is 11.3 Å². The highest BCUT2D eigenvalue weighted by molar-refractivity contribution is 7.11. The lowest BCUT2D eigenvalue weighted by Crippen LogP contribution is -2.36. The Hall–Kier alpha value is -1.82. The number of carbonyl (C=O) groups is 1. The molecule has 0 fully saturated rings. The second kappa shape index (κ2) is 5.88. The minimum atomic E-state index is -0.119. The average Bonchev–Trinajstić information content (AvgIpc) is 2.95. The molecule has 0 unspecified atom stereocenters. The molecule has 0 aliphatic carbocycles. The van der Waals surface area contributed by atoms with Gasteiger partial charge in [-0.05, 0) is 26.0 Å². The van der Waals surface area contributed by atoms with Gasteiger partial charge in [-0.3, -0.25) is 0 Å². The molecule has 0 aromatic carbocycles. The molecular weight excluding hydrogens is 262 g/mol. The lowest BCUT2D eigenvalue weighted by Gasteiger charge is -2.16. The number of rotatable bonds is 4. The first-order chi connectivity index (χ1) is 9.04. The molecule has 0 saturated carbocycles. The summed E-state index contributed by atoms with van der Waals surface area (Å²) in [4.78, 5) is 15.9. The van der Waals surface area contributed by atoms with Crippen molar-refractivity contribution in [3.05, 3.63) is 39.4 Å². The Morgan fingerprint density at radius 3 is 2.84 bits per heavy atom. The fraction of sp³-hybridized carbons (Fsp3) is 0.385. The van der Waals surface area contributed by atoms with Crippen LogP contribution in [0.5, 0.6) is 0 Å². The van der Waals surface area contributed by atoms with Crippen LogP contribution < -0.4 is 5.32 Å². The van der Waals surface area contributed by atoms with Crippen molar-refractivity contribution in [2.45, 2.75) is 26.9 Å². The highest BCUT2D eigenvalue weighted by atomic mass is 32.1. The molecule has 2 aromatic rings. The zero-order chi connectivity index (χ0) is 13.8. The molecule has 2 heterocycles. The summed E-state index contributed by atoms with van der Waals surface area (Å²) in [6, 6.07) is 5.79. The first-order valence-electron chi connectivity index (χ1n) is 6.01. The summed E-state index contributed by atoms with van der Waals surface area (Å²) < 4.78 is 4.97. The highest BCUT2D eigenvalue weighted by Gasteiger charge is 2.11. The van der Waals surface area contributed by atoms with E-state index in [-0.39, 0.29) is 6.03 Å². The molecule has 1 N–H and O–H groups in total. The zero-order valence-electron chi connectivity index (χ0n) is 11.3. The molecule has 0 spiro atoms. The monoisotopic (exact) mass is 279 g/mol. The van der Waals surface area contributed by atoms with E-state index >= 15 is 0 Å². The third-order valence-electron chi connectivity index (χ3n) is 2.63. The second-order valence-electron chi connectivity index (χ2n) is 4.46. The molecular formula is C13H17N3O2S. The Morgan fingerprint density at radius 1 is 1.47 bits per heavy atom. The third-order valence-corrected chi connectivity index (χ3v) is 3.63. The summed E-state index contributed by atoms with van der Waals surface area (Å²) in [7, 11) is 1.74. The van der Waals surface area contributed by atoms with Gasteiger partial charge in [-0.1, -0.05) is 5.16 Å². The molecule has 2 amide bonds. The van der Waals surface area contributed by atoms with Gasteiger partial charge in [0, 0.05) is 22.9 Å². The van der Waals surface area contributed by atoms with Crippen LogP contribution in [0.1, 0.15) is 21.2 Å². The topological polar surface area (TPSA) is 58.4 Å². The molecule has 0 radical (unpaired) electrons. The number of nitrogens with zero attached hydrogens (tertiary/aromatic N) is 2. The van der Waals surface area contributed by atoms with Crippen LogP contribution in [0.3, 0.4) is 0 Å². The van der Waals surface area contributed by atoms with E-state index in [0.717, 1.165) is 16.3 Å². The van der Waals surface area contributed by atoms with E-state index in [4.69, 9.17) is 4.52 Å². The van der Waals surface area contributed by atoms with E-state index in [0.29, 0.717) is 13.1 Å². The average molecular weight is 279 g/mol. The maximum absolute atomic E-state index is 11.9. The van der Waals surface area contributed by atoms with E-state index < -0.39 is 0 Å². The molecule has 19 heavy (non-hydrogen) atoms. The normalized spacial score (nSPS) is 10.5. The van der Waals surface area contributed by atoms with Gasteiger partial charge in [0.2, 0.25) is 0 Å². The Bertz CT molecular complexity index is 562. The number of amides is 2. The highest BCUT2D eigenvalue weighted by Crippen LogP contribution is 2.14. The number of aromatic nitrogens is 1. The van der Waals surface area contributed by atoms with Crippen molar-refractivity contribution in [1.29, 1.82) is 0 Å². The predicted molar refractivity (Wildman–Crippen MR) is 74.0 cm³/mol. The van der Waals surface area contributed by atoms with Crippen molar-refractivity contribution in [3.8, 4) is 0 Å². The van der Waals surface area contributed by atoms with E-state index in [1.54, 1.807) is 23.3 Å². The van der Waals surface area contributed by atoms with Crippen molar-refractivity contribution in [2.24, 2.45) is 0 Å². The lowest BCUT2D eigenvalue weighted by atomic mass is 10.3. The Morgan fingerprint density at radius 2 is 2.26 bits per heavy atom. The molecule has 0 aliphatic rings. The van der Waals surface area contributed by atoms with Crippen LogP contribution in [-0.2, 0) is 13.1 Å². The molecule has 102 valence electrons. The molecule has 0 atom stereocenters. The number of hydrogen-bond donors (Lipinski definition) is 1. The zero-order valence-corrected chi connectivity index (χ0v) is 12.1. The number of thiophene rings is 1. The van der Waals surface area contributed by atoms with Crippen LogP contribution in [0.2, 0.25) is 0 Å².